The fourth-order valence-corrected chi connectivity index (χ4v) is 3.59. The SMILES string of the molecule is Nc1cc(F)ccc1-c1cc(Cl)c(C(=O)Nc2cnc(C(=O)NCc3nnco3)c(Cl)c2)cc1F. The van der Waals surface area contributed by atoms with E-state index in [0.717, 1.165) is 24.6 Å². The number of carbonyl (C=O) groups excluding carboxylic acids is 2. The number of halogens is 4. The molecule has 0 atom stereocenters. The lowest BCUT2D eigenvalue weighted by molar-refractivity contribution is 0.0942. The number of hydrogen-bond acceptors (Lipinski definition) is 7. The molecule has 178 valence electrons. The Morgan fingerprint density at radius 1 is 1.03 bits per heavy atom. The van der Waals surface area contributed by atoms with Gasteiger partial charge in [0.05, 0.1) is 34.0 Å². The molecule has 35 heavy (non-hydrogen) atoms. The Morgan fingerprint density at radius 2 is 1.83 bits per heavy atom. The van der Waals surface area contributed by atoms with E-state index in [4.69, 9.17) is 33.4 Å². The molecule has 9 nitrogen and oxygen atoms in total. The average Bonchev–Trinajstić information content (AvgIpc) is 3.33. The first-order chi connectivity index (χ1) is 16.7. The molecule has 0 radical (unpaired) electrons. The van der Waals surface area contributed by atoms with Crippen molar-refractivity contribution in [2.24, 2.45) is 0 Å². The predicted octanol–water partition coefficient (Wildman–Crippen LogP) is 4.48. The molecule has 0 aliphatic heterocycles. The van der Waals surface area contributed by atoms with Crippen LogP contribution in [0.25, 0.3) is 11.1 Å². The number of nitrogen functional groups attached to an aromatic ring is 1. The van der Waals surface area contributed by atoms with E-state index >= 15 is 0 Å². The molecule has 13 heteroatoms. The van der Waals surface area contributed by atoms with E-state index in [1.54, 1.807) is 0 Å². The summed E-state index contributed by atoms with van der Waals surface area (Å²) in [4.78, 5) is 28.9. The second-order valence-electron chi connectivity index (χ2n) is 7.07. The molecule has 0 unspecified atom stereocenters. The summed E-state index contributed by atoms with van der Waals surface area (Å²) in [6.07, 6.45) is 2.32. The number of hydrogen-bond donors (Lipinski definition) is 3. The number of rotatable bonds is 6. The zero-order valence-corrected chi connectivity index (χ0v) is 19.0. The van der Waals surface area contributed by atoms with Crippen molar-refractivity contribution in [3.63, 3.8) is 0 Å². The largest absolute Gasteiger partial charge is 0.426 e. The molecule has 0 aliphatic carbocycles. The number of nitrogens with two attached hydrogens (primary N) is 1. The fourth-order valence-electron chi connectivity index (χ4n) is 3.09. The van der Waals surface area contributed by atoms with Crippen LogP contribution in [0, 0.1) is 11.6 Å². The van der Waals surface area contributed by atoms with Crippen molar-refractivity contribution in [2.45, 2.75) is 6.54 Å². The first kappa shape index (κ1) is 24.0. The fraction of sp³-hybridized carbons (Fsp3) is 0.0455. The lowest BCUT2D eigenvalue weighted by Crippen LogP contribution is -2.24. The normalized spacial score (nSPS) is 10.7. The molecule has 0 spiro atoms. The van der Waals surface area contributed by atoms with E-state index in [1.807, 2.05) is 0 Å². The van der Waals surface area contributed by atoms with Gasteiger partial charge in [-0.25, -0.2) is 13.8 Å². The van der Waals surface area contributed by atoms with E-state index in [1.165, 1.54) is 24.4 Å². The molecular formula is C22H14Cl2F2N6O3. The summed E-state index contributed by atoms with van der Waals surface area (Å²) in [6.45, 7) is -0.0288. The Labute approximate surface area is 206 Å². The highest BCUT2D eigenvalue weighted by molar-refractivity contribution is 6.35. The molecule has 4 aromatic rings. The van der Waals surface area contributed by atoms with E-state index < -0.39 is 23.4 Å². The Kier molecular flexibility index (Phi) is 6.90. The van der Waals surface area contributed by atoms with Crippen LogP contribution in [0.1, 0.15) is 26.7 Å². The van der Waals surface area contributed by atoms with Gasteiger partial charge in [0.1, 0.15) is 17.3 Å². The zero-order chi connectivity index (χ0) is 25.1. The number of amides is 2. The molecule has 0 fully saturated rings. The van der Waals surface area contributed by atoms with E-state index in [0.29, 0.717) is 0 Å². The number of nitrogens with zero attached hydrogens (tertiary/aromatic N) is 3. The van der Waals surface area contributed by atoms with Crippen LogP contribution in [0.2, 0.25) is 10.0 Å². The maximum absolute atomic E-state index is 14.8. The number of pyridine rings is 1. The maximum atomic E-state index is 14.8. The van der Waals surface area contributed by atoms with Gasteiger partial charge in [0.15, 0.2) is 0 Å². The van der Waals surface area contributed by atoms with Crippen LogP contribution < -0.4 is 16.4 Å². The van der Waals surface area contributed by atoms with E-state index in [-0.39, 0.29) is 56.2 Å². The monoisotopic (exact) mass is 518 g/mol. The van der Waals surface area contributed by atoms with Crippen molar-refractivity contribution in [3.8, 4) is 11.1 Å². The third-order valence-corrected chi connectivity index (χ3v) is 5.33. The highest BCUT2D eigenvalue weighted by Gasteiger charge is 2.19. The van der Waals surface area contributed by atoms with Crippen LogP contribution >= 0.6 is 23.2 Å². The van der Waals surface area contributed by atoms with Gasteiger partial charge in [-0.3, -0.25) is 9.59 Å². The maximum Gasteiger partial charge on any atom is 0.271 e. The number of carbonyl (C=O) groups is 2. The molecule has 4 rings (SSSR count). The highest BCUT2D eigenvalue weighted by Crippen LogP contribution is 2.33. The number of nitrogens with one attached hydrogen (secondary N) is 2. The predicted molar refractivity (Wildman–Crippen MR) is 124 cm³/mol. The number of aromatic nitrogens is 3. The van der Waals surface area contributed by atoms with Crippen molar-refractivity contribution < 1.29 is 22.8 Å². The first-order valence-electron chi connectivity index (χ1n) is 9.77. The van der Waals surface area contributed by atoms with Crippen molar-refractivity contribution in [1.82, 2.24) is 20.5 Å². The molecular weight excluding hydrogens is 505 g/mol. The van der Waals surface area contributed by atoms with Gasteiger partial charge in [0.2, 0.25) is 12.3 Å². The van der Waals surface area contributed by atoms with Crippen molar-refractivity contribution in [3.05, 3.63) is 87.8 Å². The molecule has 0 saturated carbocycles. The van der Waals surface area contributed by atoms with Gasteiger partial charge in [0.25, 0.3) is 11.8 Å². The summed E-state index contributed by atoms with van der Waals surface area (Å²) in [5, 5.41) is 12.0. The third-order valence-electron chi connectivity index (χ3n) is 4.72. The van der Waals surface area contributed by atoms with Crippen LogP contribution in [0.4, 0.5) is 20.2 Å². The lowest BCUT2D eigenvalue weighted by Gasteiger charge is -2.12. The highest BCUT2D eigenvalue weighted by atomic mass is 35.5. The summed E-state index contributed by atoms with van der Waals surface area (Å²) < 4.78 is 33.0. The van der Waals surface area contributed by atoms with Gasteiger partial charge in [0, 0.05) is 16.8 Å². The molecule has 0 saturated heterocycles. The second kappa shape index (κ2) is 10.0. The minimum absolute atomic E-state index is 0.00431. The molecule has 2 aromatic carbocycles. The van der Waals surface area contributed by atoms with E-state index in [2.05, 4.69) is 25.8 Å². The number of benzene rings is 2. The standard InChI is InChI=1S/C22H14Cl2F2N6O3/c23-15-5-13(12-2-1-10(25)3-18(12)27)17(26)6-14(15)21(33)31-11-4-16(24)20(28-7-11)22(34)29-8-19-32-30-9-35-19/h1-7,9H,8,27H2,(H,29,34)(H,31,33). The smallest absolute Gasteiger partial charge is 0.271 e. The molecule has 2 amide bonds. The van der Waals surface area contributed by atoms with Crippen LogP contribution in [-0.4, -0.2) is 27.0 Å². The van der Waals surface area contributed by atoms with Crippen LogP contribution in [0.15, 0.2) is 53.4 Å². The summed E-state index contributed by atoms with van der Waals surface area (Å²) in [7, 11) is 0. The Bertz CT molecular complexity index is 1430. The molecule has 0 aliphatic rings. The van der Waals surface area contributed by atoms with Crippen LogP contribution in [-0.2, 0) is 6.54 Å². The second-order valence-corrected chi connectivity index (χ2v) is 7.88. The first-order valence-corrected chi connectivity index (χ1v) is 10.5. The quantitative estimate of drug-likeness (QED) is 0.320. The average molecular weight is 519 g/mol. The topological polar surface area (TPSA) is 136 Å². The van der Waals surface area contributed by atoms with Crippen LogP contribution in [0.5, 0.6) is 0 Å². The van der Waals surface area contributed by atoms with Gasteiger partial charge in [-0.15, -0.1) is 10.2 Å². The van der Waals surface area contributed by atoms with Gasteiger partial charge in [-0.05, 0) is 36.4 Å². The minimum Gasteiger partial charge on any atom is -0.426 e. The Balaban J connectivity index is 1.50. The number of anilines is 2. The summed E-state index contributed by atoms with van der Waals surface area (Å²) in [5.74, 6) is -2.53. The molecule has 4 N–H and O–H groups in total. The van der Waals surface area contributed by atoms with Gasteiger partial charge < -0.3 is 20.8 Å². The van der Waals surface area contributed by atoms with Crippen molar-refractivity contribution >= 4 is 46.4 Å². The molecule has 0 bridgehead atoms. The summed E-state index contributed by atoms with van der Waals surface area (Å²) in [5.41, 5.74) is 5.88. The molecule has 2 heterocycles. The van der Waals surface area contributed by atoms with Crippen molar-refractivity contribution in [2.75, 3.05) is 11.1 Å². The zero-order valence-electron chi connectivity index (χ0n) is 17.5. The Hall–Kier alpha value is -4.09. The van der Waals surface area contributed by atoms with E-state index in [9.17, 15) is 18.4 Å². The summed E-state index contributed by atoms with van der Waals surface area (Å²) >= 11 is 12.4. The van der Waals surface area contributed by atoms with Gasteiger partial charge >= 0.3 is 0 Å². The molecule has 2 aromatic heterocycles. The summed E-state index contributed by atoms with van der Waals surface area (Å²) in [6, 6.07) is 6.95. The Morgan fingerprint density at radius 3 is 2.51 bits per heavy atom. The van der Waals surface area contributed by atoms with Crippen LogP contribution in [0.3, 0.4) is 0 Å². The van der Waals surface area contributed by atoms with Crippen molar-refractivity contribution in [1.29, 1.82) is 0 Å². The minimum atomic E-state index is -0.790. The van der Waals surface area contributed by atoms with Gasteiger partial charge in [-0.2, -0.15) is 0 Å². The third kappa shape index (κ3) is 5.36. The lowest BCUT2D eigenvalue weighted by atomic mass is 10.0. The van der Waals surface area contributed by atoms with Gasteiger partial charge in [-0.1, -0.05) is 23.2 Å².